The van der Waals surface area contributed by atoms with Gasteiger partial charge in [-0.3, -0.25) is 9.80 Å². The first-order valence-corrected chi connectivity index (χ1v) is 8.64. The van der Waals surface area contributed by atoms with Crippen LogP contribution in [0.25, 0.3) is 0 Å². The third kappa shape index (κ3) is 2.64. The lowest BCUT2D eigenvalue weighted by atomic mass is 9.97. The lowest BCUT2D eigenvalue weighted by molar-refractivity contribution is -0.118. The number of nitrogens with one attached hydrogen (secondary N) is 1. The molecular formula is C19H25N3O. The second-order valence-corrected chi connectivity index (χ2v) is 7.81. The molecule has 1 heterocycles. The molecule has 3 aliphatic rings. The highest BCUT2D eigenvalue weighted by molar-refractivity contribution is 6.09. The van der Waals surface area contributed by atoms with Crippen molar-refractivity contribution in [2.45, 2.75) is 39.0 Å². The highest BCUT2D eigenvalue weighted by Gasteiger charge is 2.56. The molecule has 4 rings (SSSR count). The average Bonchev–Trinajstić information content (AvgIpc) is 3.41. The van der Waals surface area contributed by atoms with Gasteiger partial charge in [-0.15, -0.1) is 0 Å². The Balaban J connectivity index is 1.50. The first kappa shape index (κ1) is 14.7. The molecule has 2 saturated carbocycles. The molecule has 0 bridgehead atoms. The van der Waals surface area contributed by atoms with Crippen molar-refractivity contribution in [2.75, 3.05) is 18.9 Å². The van der Waals surface area contributed by atoms with Gasteiger partial charge >= 0.3 is 0 Å². The van der Waals surface area contributed by atoms with Gasteiger partial charge in [0, 0.05) is 18.4 Å². The Morgan fingerprint density at radius 2 is 2.09 bits per heavy atom. The van der Waals surface area contributed by atoms with Gasteiger partial charge in [-0.05, 0) is 55.1 Å². The number of benzene rings is 1. The molecule has 1 aromatic rings. The SMILES string of the molecule is CC1=NN(C)CC1C(=O)Nc1ccccc1[C@@H]1CC1C1(C)CC1. The van der Waals surface area contributed by atoms with Crippen molar-refractivity contribution in [3.63, 3.8) is 0 Å². The summed E-state index contributed by atoms with van der Waals surface area (Å²) in [7, 11) is 1.91. The lowest BCUT2D eigenvalue weighted by Gasteiger charge is -2.16. The Bertz CT molecular complexity index is 677. The second kappa shape index (κ2) is 5.08. The highest BCUT2D eigenvalue weighted by atomic mass is 16.2. The number of carbonyl (C=O) groups is 1. The molecule has 2 fully saturated rings. The van der Waals surface area contributed by atoms with Crippen LogP contribution in [0.15, 0.2) is 29.4 Å². The number of carbonyl (C=O) groups excluding carboxylic acids is 1. The molecule has 2 unspecified atom stereocenters. The molecule has 122 valence electrons. The van der Waals surface area contributed by atoms with Crippen LogP contribution in [0, 0.1) is 17.3 Å². The van der Waals surface area contributed by atoms with E-state index in [2.05, 4.69) is 29.5 Å². The minimum Gasteiger partial charge on any atom is -0.325 e. The number of para-hydroxylation sites is 1. The van der Waals surface area contributed by atoms with Crippen LogP contribution in [0.2, 0.25) is 0 Å². The molecule has 4 nitrogen and oxygen atoms in total. The number of hydrogen-bond donors (Lipinski definition) is 1. The van der Waals surface area contributed by atoms with Crippen LogP contribution in [-0.2, 0) is 4.79 Å². The molecule has 0 spiro atoms. The zero-order chi connectivity index (χ0) is 16.2. The Hall–Kier alpha value is -1.84. The Kier molecular flexibility index (Phi) is 3.26. The van der Waals surface area contributed by atoms with Crippen molar-refractivity contribution in [1.82, 2.24) is 5.01 Å². The number of hydrazone groups is 1. The van der Waals surface area contributed by atoms with E-state index in [0.29, 0.717) is 17.9 Å². The monoisotopic (exact) mass is 311 g/mol. The van der Waals surface area contributed by atoms with Crippen molar-refractivity contribution in [3.8, 4) is 0 Å². The molecular weight excluding hydrogens is 286 g/mol. The standard InChI is InChI=1S/C19H25N3O/c1-12-15(11-22(3)21-12)18(23)20-17-7-5-4-6-13(17)14-10-16(14)19(2)8-9-19/h4-7,14-16H,8-11H2,1-3H3,(H,20,23)/t14-,15?,16?/m0/s1. The number of anilines is 1. The van der Waals surface area contributed by atoms with Gasteiger partial charge in [0.25, 0.3) is 0 Å². The van der Waals surface area contributed by atoms with Crippen molar-refractivity contribution in [2.24, 2.45) is 22.4 Å². The molecule has 1 aliphatic heterocycles. The number of hydrogen-bond acceptors (Lipinski definition) is 3. The van der Waals surface area contributed by atoms with E-state index in [-0.39, 0.29) is 11.8 Å². The van der Waals surface area contributed by atoms with Crippen LogP contribution < -0.4 is 5.32 Å². The topological polar surface area (TPSA) is 44.7 Å². The fraction of sp³-hybridized carbons (Fsp3) is 0.579. The molecule has 1 amide bonds. The van der Waals surface area contributed by atoms with Gasteiger partial charge in [-0.1, -0.05) is 25.1 Å². The van der Waals surface area contributed by atoms with Gasteiger partial charge in [0.1, 0.15) is 0 Å². The van der Waals surface area contributed by atoms with Crippen LogP contribution in [0.5, 0.6) is 0 Å². The summed E-state index contributed by atoms with van der Waals surface area (Å²) in [5, 5.41) is 9.36. The van der Waals surface area contributed by atoms with Crippen LogP contribution in [0.3, 0.4) is 0 Å². The van der Waals surface area contributed by atoms with E-state index in [1.54, 1.807) is 0 Å². The Morgan fingerprint density at radius 1 is 1.35 bits per heavy atom. The molecule has 1 aromatic carbocycles. The molecule has 4 heteroatoms. The predicted molar refractivity (Wildman–Crippen MR) is 92.5 cm³/mol. The maximum absolute atomic E-state index is 12.6. The lowest BCUT2D eigenvalue weighted by Crippen LogP contribution is -2.30. The zero-order valence-corrected chi connectivity index (χ0v) is 14.2. The number of amides is 1. The van der Waals surface area contributed by atoms with Crippen molar-refractivity contribution < 1.29 is 4.79 Å². The Morgan fingerprint density at radius 3 is 2.74 bits per heavy atom. The smallest absolute Gasteiger partial charge is 0.235 e. The second-order valence-electron chi connectivity index (χ2n) is 7.81. The highest BCUT2D eigenvalue weighted by Crippen LogP contribution is 2.67. The first-order valence-electron chi connectivity index (χ1n) is 8.64. The van der Waals surface area contributed by atoms with Gasteiger partial charge in [-0.25, -0.2) is 0 Å². The third-order valence-electron chi connectivity index (χ3n) is 5.94. The number of nitrogens with zero attached hydrogens (tertiary/aromatic N) is 2. The van der Waals surface area contributed by atoms with Gasteiger partial charge in [0.15, 0.2) is 0 Å². The van der Waals surface area contributed by atoms with E-state index in [1.807, 2.05) is 31.1 Å². The first-order chi connectivity index (χ1) is 11.0. The largest absolute Gasteiger partial charge is 0.325 e. The molecule has 3 atom stereocenters. The molecule has 23 heavy (non-hydrogen) atoms. The summed E-state index contributed by atoms with van der Waals surface area (Å²) in [4.78, 5) is 12.6. The molecule has 2 aliphatic carbocycles. The summed E-state index contributed by atoms with van der Waals surface area (Å²) in [5.74, 6) is 1.36. The summed E-state index contributed by atoms with van der Waals surface area (Å²) < 4.78 is 0. The third-order valence-corrected chi connectivity index (χ3v) is 5.94. The maximum Gasteiger partial charge on any atom is 0.235 e. The van der Waals surface area contributed by atoms with E-state index < -0.39 is 0 Å². The normalized spacial score (nSPS) is 30.8. The summed E-state index contributed by atoms with van der Waals surface area (Å²) in [6, 6.07) is 8.33. The van der Waals surface area contributed by atoms with Crippen LogP contribution in [-0.4, -0.2) is 30.2 Å². The van der Waals surface area contributed by atoms with Crippen molar-refractivity contribution in [3.05, 3.63) is 29.8 Å². The maximum atomic E-state index is 12.6. The number of rotatable bonds is 4. The van der Waals surface area contributed by atoms with E-state index >= 15 is 0 Å². The van der Waals surface area contributed by atoms with Crippen molar-refractivity contribution in [1.29, 1.82) is 0 Å². The summed E-state index contributed by atoms with van der Waals surface area (Å²) in [6.45, 7) is 5.02. The molecule has 0 radical (unpaired) electrons. The van der Waals surface area contributed by atoms with Gasteiger partial charge in [0.2, 0.25) is 5.91 Å². The Labute approximate surface area is 137 Å². The van der Waals surface area contributed by atoms with Crippen LogP contribution >= 0.6 is 0 Å². The minimum absolute atomic E-state index is 0.0675. The van der Waals surface area contributed by atoms with E-state index in [1.165, 1.54) is 24.8 Å². The van der Waals surface area contributed by atoms with Crippen molar-refractivity contribution >= 4 is 17.3 Å². The molecule has 0 saturated heterocycles. The molecule has 1 N–H and O–H groups in total. The minimum atomic E-state index is -0.135. The van der Waals surface area contributed by atoms with Gasteiger partial charge in [-0.2, -0.15) is 5.10 Å². The fourth-order valence-electron chi connectivity index (χ4n) is 4.08. The van der Waals surface area contributed by atoms with E-state index in [4.69, 9.17) is 0 Å². The predicted octanol–water partition coefficient (Wildman–Crippen LogP) is 3.47. The molecule has 0 aromatic heterocycles. The van der Waals surface area contributed by atoms with Gasteiger partial charge < -0.3 is 5.32 Å². The summed E-state index contributed by atoms with van der Waals surface area (Å²) in [6.07, 6.45) is 4.01. The van der Waals surface area contributed by atoms with Crippen LogP contribution in [0.1, 0.15) is 44.6 Å². The van der Waals surface area contributed by atoms with Gasteiger partial charge in [0.05, 0.1) is 12.5 Å². The van der Waals surface area contributed by atoms with E-state index in [9.17, 15) is 4.79 Å². The zero-order valence-electron chi connectivity index (χ0n) is 14.2. The quantitative estimate of drug-likeness (QED) is 0.925. The van der Waals surface area contributed by atoms with E-state index in [0.717, 1.165) is 17.3 Å². The van der Waals surface area contributed by atoms with Crippen LogP contribution in [0.4, 0.5) is 5.69 Å². The fourth-order valence-corrected chi connectivity index (χ4v) is 4.08. The average molecular weight is 311 g/mol. The summed E-state index contributed by atoms with van der Waals surface area (Å²) >= 11 is 0. The summed E-state index contributed by atoms with van der Waals surface area (Å²) in [5.41, 5.74) is 3.79.